The van der Waals surface area contributed by atoms with Crippen LogP contribution in [0.3, 0.4) is 0 Å². The Kier molecular flexibility index (Phi) is 3.62. The number of benzene rings is 1. The van der Waals surface area contributed by atoms with Gasteiger partial charge in [0.25, 0.3) is 10.1 Å². The van der Waals surface area contributed by atoms with Gasteiger partial charge in [0.1, 0.15) is 0 Å². The second kappa shape index (κ2) is 4.54. The van der Waals surface area contributed by atoms with E-state index in [0.29, 0.717) is 5.56 Å². The smallest absolute Gasteiger partial charge is 0.298 e. The minimum Gasteiger partial charge on any atom is -0.371 e. The molecule has 0 aromatic heterocycles. The minimum atomic E-state index is -3.91. The average molecular weight is 216 g/mol. The van der Waals surface area contributed by atoms with E-state index >= 15 is 0 Å². The maximum absolute atomic E-state index is 11.3. The van der Waals surface area contributed by atoms with Crippen molar-refractivity contribution in [1.29, 1.82) is 0 Å². The zero-order chi connectivity index (χ0) is 10.6. The lowest BCUT2D eigenvalue weighted by atomic mass is 10.2. The van der Waals surface area contributed by atoms with E-state index in [1.165, 1.54) is 12.1 Å². The third-order valence-electron chi connectivity index (χ3n) is 1.64. The molecule has 0 spiro atoms. The minimum absolute atomic E-state index is 0.0201. The fraction of sp³-hybridized carbons (Fsp3) is 0.333. The van der Waals surface area contributed by atoms with Crippen molar-refractivity contribution in [2.75, 3.05) is 6.61 Å². The van der Waals surface area contributed by atoms with Crippen LogP contribution in [0.5, 0.6) is 0 Å². The highest BCUT2D eigenvalue weighted by atomic mass is 32.2. The lowest BCUT2D eigenvalue weighted by Gasteiger charge is -2.10. The third-order valence-corrected chi connectivity index (χ3v) is 3.02. The molecule has 1 atom stereocenters. The summed E-state index contributed by atoms with van der Waals surface area (Å²) in [5, 5.41) is 9.47. The van der Waals surface area contributed by atoms with Crippen LogP contribution in [-0.2, 0) is 14.3 Å². The maximum atomic E-state index is 11.3. The molecular weight excluding hydrogens is 204 g/mol. The molecule has 5 heteroatoms. The molecule has 0 heterocycles. The molecule has 4 nitrogen and oxygen atoms in total. The Bertz CT molecular complexity index is 371. The monoisotopic (exact) mass is 216 g/mol. The molecule has 78 valence electrons. The van der Waals surface area contributed by atoms with Crippen LogP contribution in [0.1, 0.15) is 17.9 Å². The average Bonchev–Trinajstić information content (AvgIpc) is 2.18. The van der Waals surface area contributed by atoms with Gasteiger partial charge in [0, 0.05) is 0 Å². The normalized spacial score (nSPS) is 13.9. The lowest BCUT2D eigenvalue weighted by molar-refractivity contribution is 0.219. The zero-order valence-electron chi connectivity index (χ0n) is 7.75. The summed E-state index contributed by atoms with van der Waals surface area (Å²) >= 11 is 0. The van der Waals surface area contributed by atoms with Gasteiger partial charge in [-0.05, 0) is 12.5 Å². The predicted octanol–water partition coefficient (Wildman–Crippen LogP) is 1.04. The summed E-state index contributed by atoms with van der Waals surface area (Å²) in [4.78, 5) is 0. The summed E-state index contributed by atoms with van der Waals surface area (Å²) in [5.74, 6) is 0. The van der Waals surface area contributed by atoms with Crippen molar-refractivity contribution < 1.29 is 17.7 Å². The highest BCUT2D eigenvalue weighted by Crippen LogP contribution is 2.19. The molecule has 0 saturated carbocycles. The molecule has 0 saturated heterocycles. The van der Waals surface area contributed by atoms with Crippen LogP contribution in [0.2, 0.25) is 0 Å². The van der Waals surface area contributed by atoms with E-state index in [0.717, 1.165) is 0 Å². The van der Waals surface area contributed by atoms with Gasteiger partial charge in [-0.2, -0.15) is 8.42 Å². The van der Waals surface area contributed by atoms with E-state index in [1.807, 2.05) is 0 Å². The molecular formula is C9H12O4S. The first kappa shape index (κ1) is 11.2. The highest BCUT2D eigenvalue weighted by molar-refractivity contribution is 7.86. The van der Waals surface area contributed by atoms with Crippen molar-refractivity contribution >= 4 is 10.1 Å². The second-order valence-corrected chi connectivity index (χ2v) is 4.33. The fourth-order valence-electron chi connectivity index (χ4n) is 1.01. The molecule has 14 heavy (non-hydrogen) atoms. The van der Waals surface area contributed by atoms with Crippen molar-refractivity contribution in [3.8, 4) is 0 Å². The van der Waals surface area contributed by atoms with Gasteiger partial charge in [-0.3, -0.25) is 4.18 Å². The maximum Gasteiger partial charge on any atom is 0.298 e. The first-order chi connectivity index (χ1) is 6.58. The summed E-state index contributed by atoms with van der Waals surface area (Å²) in [6.07, 6.45) is 0. The van der Waals surface area contributed by atoms with Crippen LogP contribution in [0, 0.1) is 0 Å². The first-order valence-corrected chi connectivity index (χ1v) is 5.66. The number of rotatable bonds is 4. The lowest BCUT2D eigenvalue weighted by Crippen LogP contribution is -2.15. The van der Waals surface area contributed by atoms with Gasteiger partial charge in [0.15, 0.2) is 0 Å². The van der Waals surface area contributed by atoms with Crippen LogP contribution in [0.4, 0.5) is 0 Å². The molecule has 0 aliphatic rings. The van der Waals surface area contributed by atoms with Crippen LogP contribution >= 0.6 is 0 Å². The van der Waals surface area contributed by atoms with E-state index in [-0.39, 0.29) is 6.61 Å². The summed E-state index contributed by atoms with van der Waals surface area (Å²) in [7, 11) is -3.91. The Morgan fingerprint density at radius 3 is 2.43 bits per heavy atom. The molecule has 0 radical (unpaired) electrons. The Hall–Kier alpha value is -0.910. The van der Waals surface area contributed by atoms with Gasteiger partial charge in [0.2, 0.25) is 5.44 Å². The Labute approximate surface area is 83.3 Å². The van der Waals surface area contributed by atoms with E-state index < -0.39 is 15.6 Å². The Balaban J connectivity index is 2.91. The third kappa shape index (κ3) is 2.54. The van der Waals surface area contributed by atoms with Gasteiger partial charge in [-0.1, -0.05) is 30.3 Å². The first-order valence-electron chi connectivity index (χ1n) is 4.19. The van der Waals surface area contributed by atoms with Crippen molar-refractivity contribution in [3.05, 3.63) is 35.9 Å². The Morgan fingerprint density at radius 1 is 1.36 bits per heavy atom. The Morgan fingerprint density at radius 2 is 1.93 bits per heavy atom. The molecule has 0 aliphatic carbocycles. The number of aliphatic hydroxyl groups excluding tert-OH is 1. The predicted molar refractivity (Wildman–Crippen MR) is 51.9 cm³/mol. The molecule has 1 aromatic rings. The van der Waals surface area contributed by atoms with Gasteiger partial charge in [-0.15, -0.1) is 0 Å². The molecule has 1 aromatic carbocycles. The molecule has 1 unspecified atom stereocenters. The molecule has 0 fully saturated rings. The summed E-state index contributed by atoms with van der Waals surface area (Å²) in [5.41, 5.74) is -1.30. The standard InChI is InChI=1S/C9H12O4S/c1-2-13-14(11,12)9(10)8-6-4-3-5-7-8/h3-7,9-10H,2H2,1H3. The van der Waals surface area contributed by atoms with Gasteiger partial charge in [-0.25, -0.2) is 0 Å². The van der Waals surface area contributed by atoms with Crippen LogP contribution in [0.15, 0.2) is 30.3 Å². The van der Waals surface area contributed by atoms with Gasteiger partial charge in [0.05, 0.1) is 6.61 Å². The number of aliphatic hydroxyl groups is 1. The van der Waals surface area contributed by atoms with Crippen molar-refractivity contribution in [2.45, 2.75) is 12.4 Å². The second-order valence-electron chi connectivity index (χ2n) is 2.66. The van der Waals surface area contributed by atoms with E-state index in [1.54, 1.807) is 25.1 Å². The van der Waals surface area contributed by atoms with Crippen molar-refractivity contribution in [2.24, 2.45) is 0 Å². The quantitative estimate of drug-likeness (QED) is 0.764. The van der Waals surface area contributed by atoms with Gasteiger partial charge < -0.3 is 5.11 Å². The zero-order valence-corrected chi connectivity index (χ0v) is 8.57. The summed E-state index contributed by atoms with van der Waals surface area (Å²) in [6, 6.07) is 8.10. The van der Waals surface area contributed by atoms with E-state index in [4.69, 9.17) is 0 Å². The molecule has 1 rings (SSSR count). The topological polar surface area (TPSA) is 63.6 Å². The van der Waals surface area contributed by atoms with Crippen LogP contribution < -0.4 is 0 Å². The summed E-state index contributed by atoms with van der Waals surface area (Å²) < 4.78 is 27.0. The fourth-order valence-corrected chi connectivity index (χ4v) is 1.96. The van der Waals surface area contributed by atoms with E-state index in [2.05, 4.69) is 4.18 Å². The van der Waals surface area contributed by atoms with Gasteiger partial charge >= 0.3 is 0 Å². The molecule has 0 bridgehead atoms. The number of hydrogen-bond acceptors (Lipinski definition) is 4. The summed E-state index contributed by atoms with van der Waals surface area (Å²) in [6.45, 7) is 1.57. The largest absolute Gasteiger partial charge is 0.371 e. The van der Waals surface area contributed by atoms with Crippen molar-refractivity contribution in [3.63, 3.8) is 0 Å². The molecule has 0 aliphatic heterocycles. The van der Waals surface area contributed by atoms with Crippen LogP contribution in [-0.4, -0.2) is 20.1 Å². The number of hydrogen-bond donors (Lipinski definition) is 1. The molecule has 1 N–H and O–H groups in total. The highest BCUT2D eigenvalue weighted by Gasteiger charge is 2.24. The molecule has 0 amide bonds. The SMILES string of the molecule is CCOS(=O)(=O)C(O)c1ccccc1. The van der Waals surface area contributed by atoms with Crippen LogP contribution in [0.25, 0.3) is 0 Å². The van der Waals surface area contributed by atoms with Crippen molar-refractivity contribution in [1.82, 2.24) is 0 Å². The van der Waals surface area contributed by atoms with E-state index in [9.17, 15) is 13.5 Å².